The third-order valence-electron chi connectivity index (χ3n) is 3.22. The molecule has 3 aromatic rings. The van der Waals surface area contributed by atoms with Gasteiger partial charge in [-0.2, -0.15) is 0 Å². The smallest absolute Gasteiger partial charge is 0.262 e. The van der Waals surface area contributed by atoms with E-state index in [9.17, 15) is 4.79 Å². The van der Waals surface area contributed by atoms with Crippen molar-refractivity contribution in [2.45, 2.75) is 13.8 Å². The molecule has 0 saturated carbocycles. The number of hydrogen-bond donors (Lipinski definition) is 1. The number of fused-ring (bicyclic) bond motifs is 1. The Labute approximate surface area is 141 Å². The lowest BCUT2D eigenvalue weighted by molar-refractivity contribution is -0.118. The highest BCUT2D eigenvalue weighted by atomic mass is 79.9. The standard InChI is InChI=1S/C17H15BrN2O3/c1-10-3-5-15(13(18)7-10)22-9-17(21)20-12-4-6-16-14(8-12)19-11(2)23-16/h3-8H,9H2,1-2H3,(H,20,21). The van der Waals surface area contributed by atoms with Crippen LogP contribution in [0.4, 0.5) is 5.69 Å². The summed E-state index contributed by atoms with van der Waals surface area (Å²) in [7, 11) is 0. The van der Waals surface area contributed by atoms with E-state index in [1.165, 1.54) is 0 Å². The molecule has 0 aliphatic rings. The van der Waals surface area contributed by atoms with Gasteiger partial charge >= 0.3 is 0 Å². The van der Waals surface area contributed by atoms with Gasteiger partial charge in [-0.3, -0.25) is 4.79 Å². The Morgan fingerprint density at radius 1 is 1.26 bits per heavy atom. The van der Waals surface area contributed by atoms with Crippen LogP contribution in [0, 0.1) is 13.8 Å². The molecule has 0 atom stereocenters. The van der Waals surface area contributed by atoms with Crippen molar-refractivity contribution in [3.05, 3.63) is 52.3 Å². The van der Waals surface area contributed by atoms with Gasteiger partial charge in [-0.05, 0) is 58.7 Å². The number of rotatable bonds is 4. The summed E-state index contributed by atoms with van der Waals surface area (Å²) in [6.45, 7) is 3.70. The zero-order valence-corrected chi connectivity index (χ0v) is 14.3. The second-order valence-corrected chi connectivity index (χ2v) is 6.04. The molecule has 0 bridgehead atoms. The number of carbonyl (C=O) groups is 1. The van der Waals surface area contributed by atoms with Crippen LogP contribution in [0.25, 0.3) is 11.1 Å². The number of nitrogens with zero attached hydrogens (tertiary/aromatic N) is 1. The maximum absolute atomic E-state index is 12.0. The van der Waals surface area contributed by atoms with Crippen molar-refractivity contribution in [1.29, 1.82) is 0 Å². The predicted octanol–water partition coefficient (Wildman–Crippen LogP) is 4.22. The Morgan fingerprint density at radius 2 is 2.09 bits per heavy atom. The van der Waals surface area contributed by atoms with Gasteiger partial charge in [-0.1, -0.05) is 6.07 Å². The van der Waals surface area contributed by atoms with E-state index >= 15 is 0 Å². The van der Waals surface area contributed by atoms with Crippen molar-refractivity contribution in [2.24, 2.45) is 0 Å². The van der Waals surface area contributed by atoms with Gasteiger partial charge in [-0.15, -0.1) is 0 Å². The van der Waals surface area contributed by atoms with E-state index in [0.29, 0.717) is 28.4 Å². The van der Waals surface area contributed by atoms with Crippen LogP contribution in [0.15, 0.2) is 45.3 Å². The van der Waals surface area contributed by atoms with E-state index < -0.39 is 0 Å². The summed E-state index contributed by atoms with van der Waals surface area (Å²) in [5.41, 5.74) is 3.18. The minimum atomic E-state index is -0.239. The number of ether oxygens (including phenoxy) is 1. The molecule has 3 rings (SSSR count). The van der Waals surface area contributed by atoms with Crippen molar-refractivity contribution >= 4 is 38.6 Å². The summed E-state index contributed by atoms with van der Waals surface area (Å²) in [5.74, 6) is 0.987. The lowest BCUT2D eigenvalue weighted by Crippen LogP contribution is -2.20. The third-order valence-corrected chi connectivity index (χ3v) is 3.84. The summed E-state index contributed by atoms with van der Waals surface area (Å²) in [5, 5.41) is 2.78. The molecule has 1 amide bonds. The first-order valence-electron chi connectivity index (χ1n) is 7.07. The molecule has 118 valence electrons. The average molecular weight is 375 g/mol. The number of halogens is 1. The summed E-state index contributed by atoms with van der Waals surface area (Å²) in [4.78, 5) is 16.2. The van der Waals surface area contributed by atoms with Crippen LogP contribution < -0.4 is 10.1 Å². The van der Waals surface area contributed by atoms with E-state index in [1.54, 1.807) is 25.1 Å². The first-order valence-corrected chi connectivity index (χ1v) is 7.86. The van der Waals surface area contributed by atoms with Crippen LogP contribution in [-0.4, -0.2) is 17.5 Å². The Hall–Kier alpha value is -2.34. The number of benzene rings is 2. The molecule has 0 fully saturated rings. The number of anilines is 1. The molecule has 6 heteroatoms. The Bertz CT molecular complexity index is 873. The maximum atomic E-state index is 12.0. The molecule has 1 heterocycles. The minimum Gasteiger partial charge on any atom is -0.483 e. The fourth-order valence-corrected chi connectivity index (χ4v) is 2.79. The summed E-state index contributed by atoms with van der Waals surface area (Å²) in [6, 6.07) is 11.0. The van der Waals surface area contributed by atoms with Crippen LogP contribution in [0.5, 0.6) is 5.75 Å². The second kappa shape index (κ2) is 6.42. The van der Waals surface area contributed by atoms with Crippen molar-refractivity contribution in [3.8, 4) is 5.75 Å². The van der Waals surface area contributed by atoms with Crippen molar-refractivity contribution in [1.82, 2.24) is 4.98 Å². The Balaban J connectivity index is 1.63. The van der Waals surface area contributed by atoms with Crippen LogP contribution >= 0.6 is 15.9 Å². The molecular weight excluding hydrogens is 360 g/mol. The highest BCUT2D eigenvalue weighted by Gasteiger charge is 2.08. The Kier molecular flexibility index (Phi) is 4.34. The van der Waals surface area contributed by atoms with Gasteiger partial charge in [0, 0.05) is 12.6 Å². The van der Waals surface area contributed by atoms with Crippen LogP contribution in [0.1, 0.15) is 11.5 Å². The number of amides is 1. The summed E-state index contributed by atoms with van der Waals surface area (Å²) < 4.78 is 11.8. The number of aromatic nitrogens is 1. The van der Waals surface area contributed by atoms with E-state index in [2.05, 4.69) is 26.2 Å². The van der Waals surface area contributed by atoms with E-state index in [1.807, 2.05) is 25.1 Å². The van der Waals surface area contributed by atoms with Crippen molar-refractivity contribution in [2.75, 3.05) is 11.9 Å². The molecule has 5 nitrogen and oxygen atoms in total. The summed E-state index contributed by atoms with van der Waals surface area (Å²) in [6.07, 6.45) is 0. The van der Waals surface area contributed by atoms with Crippen molar-refractivity contribution < 1.29 is 13.9 Å². The number of oxazole rings is 1. The van der Waals surface area contributed by atoms with Gasteiger partial charge in [0.05, 0.1) is 4.47 Å². The normalized spacial score (nSPS) is 10.7. The van der Waals surface area contributed by atoms with Crippen LogP contribution in [0.2, 0.25) is 0 Å². The molecule has 0 aliphatic carbocycles. The largest absolute Gasteiger partial charge is 0.483 e. The topological polar surface area (TPSA) is 64.4 Å². The number of nitrogens with one attached hydrogen (secondary N) is 1. The molecule has 0 saturated heterocycles. The highest BCUT2D eigenvalue weighted by molar-refractivity contribution is 9.10. The van der Waals surface area contributed by atoms with Gasteiger partial charge in [-0.25, -0.2) is 4.98 Å². The third kappa shape index (κ3) is 3.71. The molecule has 1 N–H and O–H groups in total. The highest BCUT2D eigenvalue weighted by Crippen LogP contribution is 2.25. The van der Waals surface area contributed by atoms with Gasteiger partial charge in [0.1, 0.15) is 11.3 Å². The van der Waals surface area contributed by atoms with Gasteiger partial charge in [0.25, 0.3) is 5.91 Å². The SMILES string of the molecule is Cc1ccc(OCC(=O)Nc2ccc3oc(C)nc3c2)c(Br)c1. The molecule has 2 aromatic carbocycles. The molecular formula is C17H15BrN2O3. The zero-order chi connectivity index (χ0) is 16.4. The summed E-state index contributed by atoms with van der Waals surface area (Å²) >= 11 is 3.42. The monoisotopic (exact) mass is 374 g/mol. The fraction of sp³-hybridized carbons (Fsp3) is 0.176. The van der Waals surface area contributed by atoms with Crippen LogP contribution in [-0.2, 0) is 4.79 Å². The van der Waals surface area contributed by atoms with Gasteiger partial charge < -0.3 is 14.5 Å². The first-order chi connectivity index (χ1) is 11.0. The average Bonchev–Trinajstić information content (AvgIpc) is 2.85. The minimum absolute atomic E-state index is 0.0719. The molecule has 0 unspecified atom stereocenters. The maximum Gasteiger partial charge on any atom is 0.262 e. The fourth-order valence-electron chi connectivity index (χ4n) is 2.18. The van der Waals surface area contributed by atoms with Gasteiger partial charge in [0.15, 0.2) is 18.1 Å². The molecule has 23 heavy (non-hydrogen) atoms. The number of aryl methyl sites for hydroxylation is 2. The predicted molar refractivity (Wildman–Crippen MR) is 91.7 cm³/mol. The van der Waals surface area contributed by atoms with Gasteiger partial charge in [0.2, 0.25) is 0 Å². The lowest BCUT2D eigenvalue weighted by Gasteiger charge is -2.09. The number of hydrogen-bond acceptors (Lipinski definition) is 4. The van der Waals surface area contributed by atoms with E-state index in [4.69, 9.17) is 9.15 Å². The first kappa shape index (κ1) is 15.6. The zero-order valence-electron chi connectivity index (χ0n) is 12.7. The van der Waals surface area contributed by atoms with E-state index in [-0.39, 0.29) is 12.5 Å². The number of carbonyl (C=O) groups excluding carboxylic acids is 1. The second-order valence-electron chi connectivity index (χ2n) is 5.19. The molecule has 0 radical (unpaired) electrons. The van der Waals surface area contributed by atoms with Crippen LogP contribution in [0.3, 0.4) is 0 Å². The molecule has 1 aromatic heterocycles. The van der Waals surface area contributed by atoms with Crippen molar-refractivity contribution in [3.63, 3.8) is 0 Å². The Morgan fingerprint density at radius 3 is 2.87 bits per heavy atom. The molecule has 0 spiro atoms. The lowest BCUT2D eigenvalue weighted by atomic mass is 10.2. The molecule has 0 aliphatic heterocycles. The van der Waals surface area contributed by atoms with E-state index in [0.717, 1.165) is 10.0 Å². The quantitative estimate of drug-likeness (QED) is 0.742.